The van der Waals surface area contributed by atoms with Crippen LogP contribution in [-0.2, 0) is 26.2 Å². The summed E-state index contributed by atoms with van der Waals surface area (Å²) in [5.41, 5.74) is 0.914. The minimum absolute atomic E-state index is 0.0301. The molecule has 206 valence electrons. The first-order valence-corrected chi connectivity index (χ1v) is 15.1. The van der Waals surface area contributed by atoms with Crippen LogP contribution in [0.1, 0.15) is 44.6 Å². The number of rotatable bonds is 10. The van der Waals surface area contributed by atoms with Gasteiger partial charge in [-0.3, -0.25) is 13.9 Å². The van der Waals surface area contributed by atoms with E-state index >= 15 is 0 Å². The number of benzene rings is 2. The fraction of sp³-hybridized carbons (Fsp3) is 0.462. The van der Waals surface area contributed by atoms with Crippen molar-refractivity contribution in [2.75, 3.05) is 23.9 Å². The van der Waals surface area contributed by atoms with Gasteiger partial charge in [0.05, 0.1) is 22.0 Å². The molecule has 2 aromatic carbocycles. The number of fused-ring (bicyclic) bond motifs is 1. The zero-order valence-electron chi connectivity index (χ0n) is 21.3. The van der Waals surface area contributed by atoms with Crippen molar-refractivity contribution >= 4 is 50.7 Å². The van der Waals surface area contributed by atoms with Crippen LogP contribution in [0.3, 0.4) is 0 Å². The first-order valence-electron chi connectivity index (χ1n) is 12.5. The fourth-order valence-corrected chi connectivity index (χ4v) is 5.94. The van der Waals surface area contributed by atoms with Gasteiger partial charge in [-0.15, -0.1) is 0 Å². The Hall–Kier alpha value is -2.69. The summed E-state index contributed by atoms with van der Waals surface area (Å²) in [6.45, 7) is 1.39. The number of halogens is 2. The Morgan fingerprint density at radius 3 is 2.42 bits per heavy atom. The second-order valence-electron chi connectivity index (χ2n) is 9.49. The van der Waals surface area contributed by atoms with E-state index in [-0.39, 0.29) is 31.0 Å². The van der Waals surface area contributed by atoms with Gasteiger partial charge < -0.3 is 19.7 Å². The van der Waals surface area contributed by atoms with Gasteiger partial charge in [0, 0.05) is 18.7 Å². The first kappa shape index (κ1) is 28.3. The highest BCUT2D eigenvalue weighted by atomic mass is 35.5. The molecule has 1 saturated carbocycles. The standard InChI is InChI=1S/C26H31Cl2N3O6S/c1-3-22(26(33)29-18-6-4-5-7-18)30(14-17-8-10-20(27)21(28)12-17)25(32)15-31(38(2,34)35)19-9-11-23-24(13-19)37-16-36-23/h8-13,18,22H,3-7,14-16H2,1-2H3,(H,29,33). The molecule has 0 spiro atoms. The lowest BCUT2D eigenvalue weighted by Gasteiger charge is -2.33. The summed E-state index contributed by atoms with van der Waals surface area (Å²) >= 11 is 12.3. The van der Waals surface area contributed by atoms with E-state index in [0.717, 1.165) is 36.2 Å². The van der Waals surface area contributed by atoms with E-state index in [1.54, 1.807) is 30.3 Å². The maximum Gasteiger partial charge on any atom is 0.244 e. The number of sulfonamides is 1. The van der Waals surface area contributed by atoms with Crippen LogP contribution in [0.15, 0.2) is 36.4 Å². The monoisotopic (exact) mass is 583 g/mol. The molecule has 9 nitrogen and oxygen atoms in total. The zero-order valence-corrected chi connectivity index (χ0v) is 23.6. The third-order valence-electron chi connectivity index (χ3n) is 6.75. The smallest absolute Gasteiger partial charge is 0.244 e. The predicted molar refractivity (Wildman–Crippen MR) is 146 cm³/mol. The molecule has 1 atom stereocenters. The lowest BCUT2D eigenvalue weighted by molar-refractivity contribution is -0.140. The Balaban J connectivity index is 1.64. The molecule has 0 radical (unpaired) electrons. The van der Waals surface area contributed by atoms with Crippen molar-refractivity contribution in [2.45, 2.75) is 57.7 Å². The third kappa shape index (κ3) is 6.65. The van der Waals surface area contributed by atoms with E-state index in [4.69, 9.17) is 32.7 Å². The van der Waals surface area contributed by atoms with Gasteiger partial charge in [0.25, 0.3) is 0 Å². The quantitative estimate of drug-likeness (QED) is 0.445. The molecule has 0 bridgehead atoms. The molecule has 1 fully saturated rings. The van der Waals surface area contributed by atoms with Gasteiger partial charge in [-0.05, 0) is 49.1 Å². The first-order chi connectivity index (χ1) is 18.1. The normalized spacial score (nSPS) is 15.8. The van der Waals surface area contributed by atoms with E-state index in [2.05, 4.69) is 5.32 Å². The van der Waals surface area contributed by atoms with Crippen molar-refractivity contribution in [1.82, 2.24) is 10.2 Å². The van der Waals surface area contributed by atoms with E-state index in [1.165, 1.54) is 11.0 Å². The molecule has 2 aliphatic rings. The lowest BCUT2D eigenvalue weighted by atomic mass is 10.1. The van der Waals surface area contributed by atoms with Crippen molar-refractivity contribution < 1.29 is 27.5 Å². The van der Waals surface area contributed by atoms with Crippen LogP contribution >= 0.6 is 23.2 Å². The largest absolute Gasteiger partial charge is 0.454 e. The SMILES string of the molecule is CCC(C(=O)NC1CCCC1)N(Cc1ccc(Cl)c(Cl)c1)C(=O)CN(c1ccc2c(c1)OCO2)S(C)(=O)=O. The molecular weight excluding hydrogens is 553 g/mol. The highest BCUT2D eigenvalue weighted by molar-refractivity contribution is 7.92. The number of hydrogen-bond donors (Lipinski definition) is 1. The molecule has 0 aromatic heterocycles. The summed E-state index contributed by atoms with van der Waals surface area (Å²) < 4.78 is 37.3. The number of carbonyl (C=O) groups is 2. The molecule has 1 unspecified atom stereocenters. The van der Waals surface area contributed by atoms with E-state index in [1.807, 2.05) is 6.92 Å². The molecular formula is C26H31Cl2N3O6S. The van der Waals surface area contributed by atoms with Crippen molar-refractivity contribution in [3.05, 3.63) is 52.0 Å². The minimum atomic E-state index is -3.87. The number of carbonyl (C=O) groups excluding carboxylic acids is 2. The van der Waals surface area contributed by atoms with Crippen molar-refractivity contribution in [2.24, 2.45) is 0 Å². The number of ether oxygens (including phenoxy) is 2. The molecule has 1 heterocycles. The zero-order chi connectivity index (χ0) is 27.4. The molecule has 38 heavy (non-hydrogen) atoms. The Labute approximate surface area is 233 Å². The van der Waals surface area contributed by atoms with Gasteiger partial charge in [-0.25, -0.2) is 8.42 Å². The molecule has 1 aliphatic carbocycles. The summed E-state index contributed by atoms with van der Waals surface area (Å²) in [6, 6.07) is 8.91. The minimum Gasteiger partial charge on any atom is -0.454 e. The van der Waals surface area contributed by atoms with Crippen LogP contribution in [0.4, 0.5) is 5.69 Å². The van der Waals surface area contributed by atoms with E-state index in [9.17, 15) is 18.0 Å². The van der Waals surface area contributed by atoms with E-state index < -0.39 is 28.5 Å². The molecule has 4 rings (SSSR count). The van der Waals surface area contributed by atoms with Gasteiger partial charge in [0.1, 0.15) is 12.6 Å². The number of anilines is 1. The Kier molecular flexibility index (Phi) is 8.95. The average molecular weight is 585 g/mol. The van der Waals surface area contributed by atoms with Crippen LogP contribution in [0.2, 0.25) is 10.0 Å². The molecule has 12 heteroatoms. The maximum atomic E-state index is 13.8. The summed E-state index contributed by atoms with van der Waals surface area (Å²) in [5, 5.41) is 3.76. The van der Waals surface area contributed by atoms with Gasteiger partial charge >= 0.3 is 0 Å². The van der Waals surface area contributed by atoms with Crippen molar-refractivity contribution in [3.63, 3.8) is 0 Å². The summed E-state index contributed by atoms with van der Waals surface area (Å²) in [6.07, 6.45) is 5.26. The second kappa shape index (κ2) is 12.0. The lowest BCUT2D eigenvalue weighted by Crippen LogP contribution is -2.53. The van der Waals surface area contributed by atoms with Crippen molar-refractivity contribution in [1.29, 1.82) is 0 Å². The van der Waals surface area contributed by atoms with Crippen LogP contribution in [0.25, 0.3) is 0 Å². The topological polar surface area (TPSA) is 105 Å². The Morgan fingerprint density at radius 2 is 1.76 bits per heavy atom. The van der Waals surface area contributed by atoms with E-state index in [0.29, 0.717) is 33.5 Å². The van der Waals surface area contributed by atoms with Crippen LogP contribution in [0, 0.1) is 0 Å². The van der Waals surface area contributed by atoms with Crippen LogP contribution < -0.4 is 19.1 Å². The summed E-state index contributed by atoms with van der Waals surface area (Å²) in [5.74, 6) is 0.0809. The highest BCUT2D eigenvalue weighted by Crippen LogP contribution is 2.36. The summed E-state index contributed by atoms with van der Waals surface area (Å²) in [4.78, 5) is 28.6. The van der Waals surface area contributed by atoms with Gasteiger partial charge in [-0.2, -0.15) is 0 Å². The average Bonchev–Trinajstić information content (AvgIpc) is 3.55. The summed E-state index contributed by atoms with van der Waals surface area (Å²) in [7, 11) is -3.87. The predicted octanol–water partition coefficient (Wildman–Crippen LogP) is 4.35. The van der Waals surface area contributed by atoms with Crippen LogP contribution in [-0.4, -0.2) is 56.8 Å². The maximum absolute atomic E-state index is 13.8. The fourth-order valence-electron chi connectivity index (χ4n) is 4.78. The van der Waals surface area contributed by atoms with Gasteiger partial charge in [0.2, 0.25) is 28.6 Å². The highest BCUT2D eigenvalue weighted by Gasteiger charge is 2.33. The third-order valence-corrected chi connectivity index (χ3v) is 8.63. The van der Waals surface area contributed by atoms with Gasteiger partial charge in [-0.1, -0.05) is 49.0 Å². The molecule has 2 amide bonds. The Morgan fingerprint density at radius 1 is 1.05 bits per heavy atom. The van der Waals surface area contributed by atoms with Gasteiger partial charge in [0.15, 0.2) is 11.5 Å². The molecule has 1 N–H and O–H groups in total. The number of nitrogens with one attached hydrogen (secondary N) is 1. The number of amides is 2. The second-order valence-corrected chi connectivity index (χ2v) is 12.2. The molecule has 0 saturated heterocycles. The number of nitrogens with zero attached hydrogens (tertiary/aromatic N) is 2. The van der Waals surface area contributed by atoms with Crippen LogP contribution in [0.5, 0.6) is 11.5 Å². The van der Waals surface area contributed by atoms with Crippen molar-refractivity contribution in [3.8, 4) is 11.5 Å². The Bertz CT molecular complexity index is 1300. The molecule has 2 aromatic rings. The number of hydrogen-bond acceptors (Lipinski definition) is 6. The molecule has 1 aliphatic heterocycles.